The van der Waals surface area contributed by atoms with Gasteiger partial charge in [0.15, 0.2) is 0 Å². The van der Waals surface area contributed by atoms with Gasteiger partial charge in [0, 0.05) is 18.8 Å². The van der Waals surface area contributed by atoms with Gasteiger partial charge in [0.1, 0.15) is 11.5 Å². The molecule has 1 saturated heterocycles. The van der Waals surface area contributed by atoms with E-state index in [1.54, 1.807) is 36.4 Å². The van der Waals surface area contributed by atoms with Crippen LogP contribution in [-0.4, -0.2) is 38.0 Å². The third-order valence-electron chi connectivity index (χ3n) is 4.41. The smallest absolute Gasteiger partial charge is 0.228 e. The Labute approximate surface area is 164 Å². The lowest BCUT2D eigenvalue weighted by atomic mass is 9.99. The van der Waals surface area contributed by atoms with E-state index in [1.807, 2.05) is 12.1 Å². The molecule has 2 aromatic rings. The molecule has 27 heavy (non-hydrogen) atoms. The largest absolute Gasteiger partial charge is 0.456 e. The van der Waals surface area contributed by atoms with Gasteiger partial charge in [-0.3, -0.25) is 4.79 Å². The molecule has 0 spiro atoms. The lowest BCUT2D eigenvalue weighted by molar-refractivity contribution is -0.120. The first-order valence-corrected chi connectivity index (χ1v) is 10.8. The Balaban J connectivity index is 1.61. The van der Waals surface area contributed by atoms with E-state index in [0.29, 0.717) is 41.6 Å². The summed E-state index contributed by atoms with van der Waals surface area (Å²) >= 11 is 6.08. The number of hydrogen-bond acceptors (Lipinski definition) is 4. The number of anilines is 1. The zero-order chi connectivity index (χ0) is 19.4. The van der Waals surface area contributed by atoms with Crippen molar-refractivity contribution in [1.29, 1.82) is 0 Å². The second kappa shape index (κ2) is 8.29. The average Bonchev–Trinajstić information content (AvgIpc) is 2.64. The number of para-hydroxylation sites is 1. The van der Waals surface area contributed by atoms with Crippen molar-refractivity contribution in [3.05, 3.63) is 53.6 Å². The lowest BCUT2D eigenvalue weighted by Crippen LogP contribution is -2.43. The number of carbonyl (C=O) groups excluding carboxylic acids is 1. The molecule has 8 heteroatoms. The van der Waals surface area contributed by atoms with Crippen molar-refractivity contribution in [2.45, 2.75) is 12.8 Å². The van der Waals surface area contributed by atoms with Gasteiger partial charge in [0.05, 0.1) is 17.2 Å². The van der Waals surface area contributed by atoms with E-state index in [9.17, 15) is 13.2 Å². The average molecular weight is 409 g/mol. The predicted octanol–water partition coefficient (Wildman–Crippen LogP) is 3.74. The number of nitrogens with one attached hydrogen (secondary N) is 1. The zero-order valence-electron chi connectivity index (χ0n) is 14.9. The number of ether oxygens (including phenoxy) is 1. The van der Waals surface area contributed by atoms with Gasteiger partial charge >= 0.3 is 0 Å². The number of benzene rings is 2. The fourth-order valence-corrected chi connectivity index (χ4v) is 4.05. The number of rotatable bonds is 5. The van der Waals surface area contributed by atoms with Crippen LogP contribution in [0.15, 0.2) is 48.5 Å². The molecule has 0 aromatic heterocycles. The molecule has 6 nitrogen and oxygen atoms in total. The molecule has 1 aliphatic heterocycles. The molecule has 144 valence electrons. The van der Waals surface area contributed by atoms with Crippen molar-refractivity contribution >= 4 is 33.2 Å². The Morgan fingerprint density at radius 1 is 1.19 bits per heavy atom. The van der Waals surface area contributed by atoms with Crippen molar-refractivity contribution in [1.82, 2.24) is 4.31 Å². The molecule has 0 aliphatic carbocycles. The van der Waals surface area contributed by atoms with E-state index in [2.05, 4.69) is 5.32 Å². The Kier molecular flexibility index (Phi) is 6.04. The first-order chi connectivity index (χ1) is 12.8. The molecular weight excluding hydrogens is 388 g/mol. The molecule has 0 saturated carbocycles. The number of amides is 1. The van der Waals surface area contributed by atoms with Crippen molar-refractivity contribution in [3.8, 4) is 11.5 Å². The number of halogens is 1. The van der Waals surface area contributed by atoms with Gasteiger partial charge in [-0.2, -0.15) is 0 Å². The first-order valence-electron chi connectivity index (χ1n) is 8.61. The number of carbonyl (C=O) groups is 1. The van der Waals surface area contributed by atoms with Crippen LogP contribution in [0.1, 0.15) is 12.8 Å². The van der Waals surface area contributed by atoms with Crippen LogP contribution in [-0.2, 0) is 14.8 Å². The van der Waals surface area contributed by atoms with Crippen LogP contribution in [0.4, 0.5) is 5.69 Å². The van der Waals surface area contributed by atoms with Crippen molar-refractivity contribution in [2.75, 3.05) is 24.7 Å². The summed E-state index contributed by atoms with van der Waals surface area (Å²) < 4.78 is 30.5. The Bertz CT molecular complexity index is 916. The molecule has 1 fully saturated rings. The summed E-state index contributed by atoms with van der Waals surface area (Å²) in [5, 5.41) is 3.36. The van der Waals surface area contributed by atoms with Crippen LogP contribution in [0.3, 0.4) is 0 Å². The van der Waals surface area contributed by atoms with Gasteiger partial charge in [-0.25, -0.2) is 12.7 Å². The minimum absolute atomic E-state index is 0.178. The zero-order valence-corrected chi connectivity index (χ0v) is 16.5. The summed E-state index contributed by atoms with van der Waals surface area (Å²) in [6.45, 7) is 0.690. The number of nitrogens with zero attached hydrogens (tertiary/aromatic N) is 1. The minimum atomic E-state index is -3.28. The van der Waals surface area contributed by atoms with E-state index in [0.717, 1.165) is 0 Å². The molecule has 0 radical (unpaired) electrons. The summed E-state index contributed by atoms with van der Waals surface area (Å²) in [5.74, 6) is 0.622. The van der Waals surface area contributed by atoms with E-state index in [1.165, 1.54) is 10.6 Å². The molecular formula is C19H21ClN2O4S. The van der Waals surface area contributed by atoms with E-state index >= 15 is 0 Å². The SMILES string of the molecule is CS(=O)(=O)N1CCC[C@@H](C(=O)Nc2ccc(Oc3ccccc3Cl)cc2)C1. The van der Waals surface area contributed by atoms with E-state index in [-0.39, 0.29) is 18.4 Å². The maximum atomic E-state index is 12.5. The van der Waals surface area contributed by atoms with Gasteiger partial charge in [0.25, 0.3) is 0 Å². The molecule has 1 heterocycles. The first kappa shape index (κ1) is 19.7. The summed E-state index contributed by atoms with van der Waals surface area (Å²) in [6.07, 6.45) is 2.52. The highest BCUT2D eigenvalue weighted by atomic mass is 35.5. The highest BCUT2D eigenvalue weighted by Gasteiger charge is 2.30. The fraction of sp³-hybridized carbons (Fsp3) is 0.316. The van der Waals surface area contributed by atoms with Crippen LogP contribution >= 0.6 is 11.6 Å². The Morgan fingerprint density at radius 3 is 2.56 bits per heavy atom. The molecule has 3 rings (SSSR count). The molecule has 1 atom stereocenters. The maximum absolute atomic E-state index is 12.5. The maximum Gasteiger partial charge on any atom is 0.228 e. The van der Waals surface area contributed by atoms with E-state index < -0.39 is 10.0 Å². The molecule has 0 unspecified atom stereocenters. The topological polar surface area (TPSA) is 75.7 Å². The van der Waals surface area contributed by atoms with Crippen LogP contribution in [0.5, 0.6) is 11.5 Å². The molecule has 0 bridgehead atoms. The number of piperidine rings is 1. The lowest BCUT2D eigenvalue weighted by Gasteiger charge is -2.30. The van der Waals surface area contributed by atoms with Crippen molar-refractivity contribution < 1.29 is 17.9 Å². The summed E-state index contributed by atoms with van der Waals surface area (Å²) in [5.41, 5.74) is 0.628. The van der Waals surface area contributed by atoms with Crippen LogP contribution in [0.2, 0.25) is 5.02 Å². The predicted molar refractivity (Wildman–Crippen MR) is 106 cm³/mol. The van der Waals surface area contributed by atoms with Crippen LogP contribution in [0.25, 0.3) is 0 Å². The number of sulfonamides is 1. The Morgan fingerprint density at radius 2 is 1.89 bits per heavy atom. The Hall–Kier alpha value is -2.09. The highest BCUT2D eigenvalue weighted by molar-refractivity contribution is 7.88. The second-order valence-electron chi connectivity index (χ2n) is 6.51. The van der Waals surface area contributed by atoms with Gasteiger partial charge in [-0.05, 0) is 49.2 Å². The van der Waals surface area contributed by atoms with Crippen molar-refractivity contribution in [2.24, 2.45) is 5.92 Å². The van der Waals surface area contributed by atoms with Crippen LogP contribution < -0.4 is 10.1 Å². The molecule has 1 amide bonds. The van der Waals surface area contributed by atoms with Gasteiger partial charge in [-0.15, -0.1) is 0 Å². The third-order valence-corrected chi connectivity index (χ3v) is 5.99. The standard InChI is InChI=1S/C19H21ClN2O4S/c1-27(24,25)22-12-4-5-14(13-22)19(23)21-15-8-10-16(11-9-15)26-18-7-3-2-6-17(18)20/h2-3,6-11,14H,4-5,12-13H2,1H3,(H,21,23)/t14-/m1/s1. The van der Waals surface area contributed by atoms with Gasteiger partial charge in [-0.1, -0.05) is 23.7 Å². The monoisotopic (exact) mass is 408 g/mol. The molecule has 1 aliphatic rings. The minimum Gasteiger partial charge on any atom is -0.456 e. The number of hydrogen-bond donors (Lipinski definition) is 1. The quantitative estimate of drug-likeness (QED) is 0.817. The highest BCUT2D eigenvalue weighted by Crippen LogP contribution is 2.29. The van der Waals surface area contributed by atoms with Gasteiger partial charge in [0.2, 0.25) is 15.9 Å². The molecule has 2 aromatic carbocycles. The summed E-state index contributed by atoms with van der Waals surface area (Å²) in [7, 11) is -3.28. The normalized spacial score (nSPS) is 18.1. The van der Waals surface area contributed by atoms with Gasteiger partial charge < -0.3 is 10.1 Å². The van der Waals surface area contributed by atoms with Crippen LogP contribution in [0, 0.1) is 5.92 Å². The summed E-state index contributed by atoms with van der Waals surface area (Å²) in [6, 6.07) is 14.1. The fourth-order valence-electron chi connectivity index (χ4n) is 2.96. The second-order valence-corrected chi connectivity index (χ2v) is 8.90. The third kappa shape index (κ3) is 5.22. The van der Waals surface area contributed by atoms with Crippen molar-refractivity contribution in [3.63, 3.8) is 0 Å². The summed E-state index contributed by atoms with van der Waals surface area (Å²) in [4.78, 5) is 12.5. The van der Waals surface area contributed by atoms with E-state index in [4.69, 9.17) is 16.3 Å². The molecule has 1 N–H and O–H groups in total.